The maximum atomic E-state index is 5.78. The Kier molecular flexibility index (Phi) is 4.02. The third-order valence-corrected chi connectivity index (χ3v) is 6.71. The van der Waals surface area contributed by atoms with Crippen LogP contribution in [0.1, 0.15) is 32.1 Å². The second-order valence-corrected chi connectivity index (χ2v) is 7.64. The molecule has 94 valence electrons. The van der Waals surface area contributed by atoms with Crippen LogP contribution in [-0.2, 0) is 18.0 Å². The molecular formula is C11H22O4Si. The number of hydrogen-bond acceptors (Lipinski definition) is 4. The zero-order chi connectivity index (χ0) is 11.6. The summed E-state index contributed by atoms with van der Waals surface area (Å²) in [6, 6.07) is 0. The van der Waals surface area contributed by atoms with Crippen molar-refractivity contribution in [2.45, 2.75) is 43.9 Å². The highest BCUT2D eigenvalue weighted by Gasteiger charge is 2.64. The third-order valence-electron chi connectivity index (χ3n) is 3.84. The van der Waals surface area contributed by atoms with Crippen LogP contribution < -0.4 is 0 Å². The van der Waals surface area contributed by atoms with E-state index in [0.29, 0.717) is 12.0 Å². The van der Waals surface area contributed by atoms with Gasteiger partial charge in [-0.25, -0.2) is 0 Å². The summed E-state index contributed by atoms with van der Waals surface area (Å²) in [6.45, 7) is 0. The van der Waals surface area contributed by atoms with E-state index in [1.807, 2.05) is 0 Å². The van der Waals surface area contributed by atoms with Crippen LogP contribution in [-0.4, -0.2) is 42.0 Å². The summed E-state index contributed by atoms with van der Waals surface area (Å²) in [4.78, 5) is 0. The van der Waals surface area contributed by atoms with Gasteiger partial charge in [0.1, 0.15) is 0 Å². The van der Waals surface area contributed by atoms with Crippen molar-refractivity contribution in [1.82, 2.24) is 0 Å². The van der Waals surface area contributed by atoms with E-state index in [4.69, 9.17) is 18.0 Å². The molecule has 5 heteroatoms. The van der Waals surface area contributed by atoms with E-state index in [1.165, 1.54) is 32.1 Å². The SMILES string of the molecule is CO[Si](OC)(OC)C1OC1C1CCCCC1. The topological polar surface area (TPSA) is 40.2 Å². The van der Waals surface area contributed by atoms with Gasteiger partial charge in [-0.1, -0.05) is 19.3 Å². The Hall–Kier alpha value is 0.0569. The molecule has 0 spiro atoms. The van der Waals surface area contributed by atoms with Gasteiger partial charge in [0.2, 0.25) is 0 Å². The van der Waals surface area contributed by atoms with Crippen LogP contribution in [0.4, 0.5) is 0 Å². The number of rotatable bonds is 5. The summed E-state index contributed by atoms with van der Waals surface area (Å²) < 4.78 is 22.1. The fourth-order valence-corrected chi connectivity index (χ4v) is 5.02. The minimum Gasteiger partial charge on any atom is -0.375 e. The lowest BCUT2D eigenvalue weighted by Gasteiger charge is -2.24. The summed E-state index contributed by atoms with van der Waals surface area (Å²) in [5.74, 6) is 0.686. The summed E-state index contributed by atoms with van der Waals surface area (Å²) in [5.41, 5.74) is 0.0654. The normalized spacial score (nSPS) is 31.7. The molecule has 0 aromatic rings. The first-order valence-corrected chi connectivity index (χ1v) is 7.88. The van der Waals surface area contributed by atoms with Gasteiger partial charge in [-0.05, 0) is 18.8 Å². The first-order chi connectivity index (χ1) is 7.77. The summed E-state index contributed by atoms with van der Waals surface area (Å²) in [5, 5.41) is 0. The standard InChI is InChI=1S/C11H22O4Si/c1-12-16(13-2,14-3)11-10(15-11)9-7-5-4-6-8-9/h9-11H,4-8H2,1-3H3. The van der Waals surface area contributed by atoms with Gasteiger partial charge in [0.05, 0.1) is 6.10 Å². The van der Waals surface area contributed by atoms with Gasteiger partial charge in [0.15, 0.2) is 5.73 Å². The Morgan fingerprint density at radius 2 is 1.50 bits per heavy atom. The Balaban J connectivity index is 1.93. The van der Waals surface area contributed by atoms with E-state index in [2.05, 4.69) is 0 Å². The molecule has 2 aliphatic rings. The van der Waals surface area contributed by atoms with Gasteiger partial charge >= 0.3 is 8.80 Å². The van der Waals surface area contributed by atoms with Crippen LogP contribution >= 0.6 is 0 Å². The predicted octanol–water partition coefficient (Wildman–Crippen LogP) is 1.75. The zero-order valence-corrected chi connectivity index (χ0v) is 11.4. The maximum absolute atomic E-state index is 5.78. The van der Waals surface area contributed by atoms with Crippen molar-refractivity contribution in [3.63, 3.8) is 0 Å². The van der Waals surface area contributed by atoms with Gasteiger partial charge in [-0.2, -0.15) is 0 Å². The zero-order valence-electron chi connectivity index (χ0n) is 10.4. The van der Waals surface area contributed by atoms with E-state index < -0.39 is 8.80 Å². The molecule has 0 amide bonds. The van der Waals surface area contributed by atoms with Crippen molar-refractivity contribution in [2.24, 2.45) is 5.92 Å². The van der Waals surface area contributed by atoms with E-state index in [1.54, 1.807) is 21.3 Å². The van der Waals surface area contributed by atoms with Crippen LogP contribution in [0.15, 0.2) is 0 Å². The molecular weight excluding hydrogens is 224 g/mol. The molecule has 1 aliphatic carbocycles. The molecule has 2 unspecified atom stereocenters. The molecule has 0 radical (unpaired) electrons. The molecule has 1 heterocycles. The fourth-order valence-electron chi connectivity index (χ4n) is 2.83. The summed E-state index contributed by atoms with van der Waals surface area (Å²) >= 11 is 0. The Bertz CT molecular complexity index is 218. The number of epoxide rings is 1. The van der Waals surface area contributed by atoms with E-state index in [-0.39, 0.29) is 5.73 Å². The molecule has 2 fully saturated rings. The van der Waals surface area contributed by atoms with E-state index in [9.17, 15) is 0 Å². The van der Waals surface area contributed by atoms with Crippen molar-refractivity contribution in [2.75, 3.05) is 21.3 Å². The van der Waals surface area contributed by atoms with Gasteiger partial charge < -0.3 is 18.0 Å². The van der Waals surface area contributed by atoms with Crippen molar-refractivity contribution >= 4 is 8.80 Å². The summed E-state index contributed by atoms with van der Waals surface area (Å²) in [7, 11) is 2.40. The molecule has 4 nitrogen and oxygen atoms in total. The number of ether oxygens (including phenoxy) is 1. The smallest absolute Gasteiger partial charge is 0.375 e. The maximum Gasteiger partial charge on any atom is 0.533 e. The average Bonchev–Trinajstić information content (AvgIpc) is 3.14. The molecule has 1 aliphatic heterocycles. The molecule has 0 N–H and O–H groups in total. The lowest BCUT2D eigenvalue weighted by Crippen LogP contribution is -2.50. The van der Waals surface area contributed by atoms with Crippen LogP contribution in [0, 0.1) is 5.92 Å². The fraction of sp³-hybridized carbons (Fsp3) is 1.00. The van der Waals surface area contributed by atoms with Crippen LogP contribution in [0.2, 0.25) is 0 Å². The van der Waals surface area contributed by atoms with Crippen LogP contribution in [0.5, 0.6) is 0 Å². The highest BCUT2D eigenvalue weighted by molar-refractivity contribution is 6.63. The van der Waals surface area contributed by atoms with Crippen molar-refractivity contribution < 1.29 is 18.0 Å². The van der Waals surface area contributed by atoms with Gasteiger partial charge in [0, 0.05) is 21.3 Å². The minimum atomic E-state index is -2.55. The molecule has 0 bridgehead atoms. The average molecular weight is 246 g/mol. The molecule has 1 saturated carbocycles. The largest absolute Gasteiger partial charge is 0.533 e. The van der Waals surface area contributed by atoms with Crippen molar-refractivity contribution in [3.8, 4) is 0 Å². The molecule has 1 saturated heterocycles. The first-order valence-electron chi connectivity index (χ1n) is 6.08. The highest BCUT2D eigenvalue weighted by Crippen LogP contribution is 2.42. The summed E-state index contributed by atoms with van der Waals surface area (Å²) in [6.07, 6.45) is 6.91. The lowest BCUT2D eigenvalue weighted by atomic mass is 9.87. The number of hydrogen-bond donors (Lipinski definition) is 0. The molecule has 0 aromatic heterocycles. The lowest BCUT2D eigenvalue weighted by molar-refractivity contribution is 0.110. The Labute approximate surface area is 98.6 Å². The Morgan fingerprint density at radius 3 is 2.00 bits per heavy atom. The van der Waals surface area contributed by atoms with E-state index >= 15 is 0 Å². The minimum absolute atomic E-state index is 0.0654. The van der Waals surface area contributed by atoms with Gasteiger partial charge in [0.25, 0.3) is 0 Å². The van der Waals surface area contributed by atoms with Crippen molar-refractivity contribution in [3.05, 3.63) is 0 Å². The van der Waals surface area contributed by atoms with Gasteiger partial charge in [-0.15, -0.1) is 0 Å². The van der Waals surface area contributed by atoms with Crippen molar-refractivity contribution in [1.29, 1.82) is 0 Å². The van der Waals surface area contributed by atoms with Gasteiger partial charge in [-0.3, -0.25) is 0 Å². The van der Waals surface area contributed by atoms with Crippen LogP contribution in [0.3, 0.4) is 0 Å². The molecule has 2 rings (SSSR count). The Morgan fingerprint density at radius 1 is 0.938 bits per heavy atom. The van der Waals surface area contributed by atoms with Crippen LogP contribution in [0.25, 0.3) is 0 Å². The van der Waals surface area contributed by atoms with E-state index in [0.717, 1.165) is 0 Å². The second kappa shape index (κ2) is 5.14. The second-order valence-electron chi connectivity index (χ2n) is 4.64. The first kappa shape index (κ1) is 12.5. The highest BCUT2D eigenvalue weighted by atomic mass is 28.4. The molecule has 0 aromatic carbocycles. The monoisotopic (exact) mass is 246 g/mol. The molecule has 16 heavy (non-hydrogen) atoms. The quantitative estimate of drug-likeness (QED) is 0.547. The predicted molar refractivity (Wildman–Crippen MR) is 62.0 cm³/mol. The molecule has 2 atom stereocenters. The third kappa shape index (κ3) is 2.19.